The minimum atomic E-state index is -1.04. The van der Waals surface area contributed by atoms with Crippen LogP contribution in [-0.4, -0.2) is 29.8 Å². The second kappa shape index (κ2) is 8.97. The van der Waals surface area contributed by atoms with Crippen molar-refractivity contribution in [3.8, 4) is 5.75 Å². The summed E-state index contributed by atoms with van der Waals surface area (Å²) >= 11 is 6.01. The van der Waals surface area contributed by atoms with Crippen LogP contribution in [0.1, 0.15) is 37.9 Å². The molecule has 0 saturated carbocycles. The van der Waals surface area contributed by atoms with E-state index < -0.39 is 17.6 Å². The molecule has 2 aromatic carbocycles. The fourth-order valence-corrected chi connectivity index (χ4v) is 2.77. The highest BCUT2D eigenvalue weighted by molar-refractivity contribution is 6.32. The highest BCUT2D eigenvalue weighted by Crippen LogP contribution is 2.29. The summed E-state index contributed by atoms with van der Waals surface area (Å²) in [4.78, 5) is 23.7. The third-order valence-corrected chi connectivity index (χ3v) is 4.10. The van der Waals surface area contributed by atoms with Crippen molar-refractivity contribution in [1.82, 2.24) is 0 Å². The maximum absolute atomic E-state index is 11.9. The number of aliphatic carboxylic acids is 1. The van der Waals surface area contributed by atoms with Gasteiger partial charge in [0.15, 0.2) is 6.04 Å². The summed E-state index contributed by atoms with van der Waals surface area (Å²) in [6.07, 6.45) is 0.147. The number of anilines is 1. The summed E-state index contributed by atoms with van der Waals surface area (Å²) < 4.78 is 10.5. The molecule has 2 aromatic rings. The Morgan fingerprint density at radius 3 is 2.32 bits per heavy atom. The minimum Gasteiger partial charge on any atom is -0.495 e. The molecule has 7 heteroatoms. The topological polar surface area (TPSA) is 84.9 Å². The summed E-state index contributed by atoms with van der Waals surface area (Å²) in [5.74, 6) is -0.952. The van der Waals surface area contributed by atoms with Crippen LogP contribution in [0.2, 0.25) is 5.02 Å². The molecule has 0 heterocycles. The third kappa shape index (κ3) is 6.16. The molecule has 0 aliphatic heterocycles. The number of esters is 1. The van der Waals surface area contributed by atoms with Crippen molar-refractivity contribution >= 4 is 29.2 Å². The molecular weight excluding hydrogens is 382 g/mol. The first-order valence-electron chi connectivity index (χ1n) is 8.72. The fraction of sp³-hybridized carbons (Fsp3) is 0.333. The van der Waals surface area contributed by atoms with E-state index in [2.05, 4.69) is 5.32 Å². The van der Waals surface area contributed by atoms with E-state index in [1.54, 1.807) is 42.5 Å². The summed E-state index contributed by atoms with van der Waals surface area (Å²) in [7, 11) is 1.47. The van der Waals surface area contributed by atoms with Crippen molar-refractivity contribution in [3.05, 3.63) is 58.6 Å². The van der Waals surface area contributed by atoms with Gasteiger partial charge in [-0.3, -0.25) is 4.79 Å². The normalized spacial score (nSPS) is 12.2. The molecule has 0 radical (unpaired) electrons. The van der Waals surface area contributed by atoms with Gasteiger partial charge in [0.25, 0.3) is 0 Å². The lowest BCUT2D eigenvalue weighted by Crippen LogP contribution is -2.24. The van der Waals surface area contributed by atoms with Crippen molar-refractivity contribution in [2.45, 2.75) is 38.8 Å². The van der Waals surface area contributed by atoms with Crippen LogP contribution in [0.4, 0.5) is 5.69 Å². The molecule has 0 saturated heterocycles. The average molecular weight is 406 g/mol. The lowest BCUT2D eigenvalue weighted by Gasteiger charge is -2.20. The molecule has 150 valence electrons. The van der Waals surface area contributed by atoms with Crippen LogP contribution in [-0.2, 0) is 20.7 Å². The van der Waals surface area contributed by atoms with Crippen molar-refractivity contribution in [2.75, 3.05) is 12.4 Å². The largest absolute Gasteiger partial charge is 0.495 e. The van der Waals surface area contributed by atoms with E-state index in [9.17, 15) is 14.7 Å². The van der Waals surface area contributed by atoms with Crippen LogP contribution in [0.3, 0.4) is 0 Å². The minimum absolute atomic E-state index is 0.147. The van der Waals surface area contributed by atoms with Crippen molar-refractivity contribution in [3.63, 3.8) is 0 Å². The maximum Gasteiger partial charge on any atom is 0.330 e. The van der Waals surface area contributed by atoms with Crippen LogP contribution in [0, 0.1) is 0 Å². The number of carboxylic acid groups (broad SMARTS) is 1. The van der Waals surface area contributed by atoms with Gasteiger partial charge in [0.1, 0.15) is 11.4 Å². The summed E-state index contributed by atoms with van der Waals surface area (Å²) in [5.41, 5.74) is 1.35. The van der Waals surface area contributed by atoms with Gasteiger partial charge in [-0.2, -0.15) is 0 Å². The number of ether oxygens (including phenoxy) is 2. The molecule has 0 aromatic heterocycles. The molecule has 28 heavy (non-hydrogen) atoms. The molecule has 2 rings (SSSR count). The Morgan fingerprint density at radius 2 is 1.79 bits per heavy atom. The van der Waals surface area contributed by atoms with Gasteiger partial charge >= 0.3 is 11.9 Å². The zero-order chi connectivity index (χ0) is 20.9. The van der Waals surface area contributed by atoms with E-state index in [0.717, 1.165) is 5.56 Å². The Morgan fingerprint density at radius 1 is 1.14 bits per heavy atom. The Labute approximate surface area is 169 Å². The van der Waals surface area contributed by atoms with Gasteiger partial charge in [-0.15, -0.1) is 0 Å². The lowest BCUT2D eigenvalue weighted by atomic mass is 10.1. The molecule has 0 fully saturated rings. The Bertz CT molecular complexity index is 843. The Hall–Kier alpha value is -2.73. The van der Waals surface area contributed by atoms with Crippen molar-refractivity contribution in [2.24, 2.45) is 0 Å². The molecule has 0 aliphatic rings. The molecule has 0 aliphatic carbocycles. The Balaban J connectivity index is 2.12. The number of halogens is 1. The van der Waals surface area contributed by atoms with E-state index in [1.165, 1.54) is 7.11 Å². The van der Waals surface area contributed by atoms with Gasteiger partial charge in [0.05, 0.1) is 18.6 Å². The van der Waals surface area contributed by atoms with Gasteiger partial charge in [0, 0.05) is 5.69 Å². The van der Waals surface area contributed by atoms with Crippen LogP contribution in [0.25, 0.3) is 0 Å². The van der Waals surface area contributed by atoms with Gasteiger partial charge in [-0.05, 0) is 56.2 Å². The number of hydrogen-bond acceptors (Lipinski definition) is 5. The first-order chi connectivity index (χ1) is 13.1. The molecule has 0 amide bonds. The number of carboxylic acids is 1. The predicted molar refractivity (Wildman–Crippen MR) is 108 cm³/mol. The van der Waals surface area contributed by atoms with Gasteiger partial charge < -0.3 is 19.9 Å². The van der Waals surface area contributed by atoms with Crippen LogP contribution in [0.15, 0.2) is 42.5 Å². The highest BCUT2D eigenvalue weighted by Gasteiger charge is 2.21. The molecule has 0 spiro atoms. The maximum atomic E-state index is 11.9. The number of benzene rings is 2. The number of methoxy groups -OCH3 is 1. The second-order valence-electron chi connectivity index (χ2n) is 7.27. The number of carbonyl (C=O) groups excluding carboxylic acids is 1. The molecule has 6 nitrogen and oxygen atoms in total. The SMILES string of the molecule is COc1cc(C(Nc2ccc(CC(=O)OC(C)(C)C)cc2)C(=O)O)ccc1Cl. The van der Waals surface area contributed by atoms with Crippen LogP contribution in [0.5, 0.6) is 5.75 Å². The average Bonchev–Trinajstić information content (AvgIpc) is 2.60. The second-order valence-corrected chi connectivity index (χ2v) is 7.68. The highest BCUT2D eigenvalue weighted by atomic mass is 35.5. The zero-order valence-corrected chi connectivity index (χ0v) is 17.0. The molecule has 0 bridgehead atoms. The molecular formula is C21H24ClNO5. The van der Waals surface area contributed by atoms with Crippen LogP contribution >= 0.6 is 11.6 Å². The van der Waals surface area contributed by atoms with E-state index in [0.29, 0.717) is 22.0 Å². The molecule has 2 N–H and O–H groups in total. The lowest BCUT2D eigenvalue weighted by molar-refractivity contribution is -0.154. The predicted octanol–water partition coefficient (Wildman–Crippen LogP) is 4.47. The first-order valence-corrected chi connectivity index (χ1v) is 9.10. The number of carbonyl (C=O) groups is 2. The summed E-state index contributed by atoms with van der Waals surface area (Å²) in [6.45, 7) is 5.45. The van der Waals surface area contributed by atoms with Crippen molar-refractivity contribution < 1.29 is 24.2 Å². The van der Waals surface area contributed by atoms with Gasteiger partial charge in [-0.25, -0.2) is 4.79 Å². The van der Waals surface area contributed by atoms with E-state index in [-0.39, 0.29) is 12.4 Å². The van der Waals surface area contributed by atoms with Crippen LogP contribution < -0.4 is 10.1 Å². The molecule has 1 atom stereocenters. The Kier molecular flexibility index (Phi) is 6.91. The summed E-state index contributed by atoms with van der Waals surface area (Å²) in [5, 5.41) is 13.0. The monoisotopic (exact) mass is 405 g/mol. The number of hydrogen-bond donors (Lipinski definition) is 2. The van der Waals surface area contributed by atoms with E-state index in [4.69, 9.17) is 21.1 Å². The summed E-state index contributed by atoms with van der Waals surface area (Å²) in [6, 6.07) is 10.8. The molecule has 1 unspecified atom stereocenters. The fourth-order valence-electron chi connectivity index (χ4n) is 2.57. The van der Waals surface area contributed by atoms with Crippen molar-refractivity contribution in [1.29, 1.82) is 0 Å². The van der Waals surface area contributed by atoms with E-state index >= 15 is 0 Å². The van der Waals surface area contributed by atoms with E-state index in [1.807, 2.05) is 20.8 Å². The smallest absolute Gasteiger partial charge is 0.330 e. The zero-order valence-electron chi connectivity index (χ0n) is 16.3. The quantitative estimate of drug-likeness (QED) is 0.661. The standard InChI is InChI=1S/C21H24ClNO5/c1-21(2,3)28-18(24)11-13-5-8-15(9-6-13)23-19(20(25)26)14-7-10-16(22)17(12-14)27-4/h5-10,12,19,23H,11H2,1-4H3,(H,25,26). The first kappa shape index (κ1) is 21.6. The number of nitrogens with one attached hydrogen (secondary N) is 1. The van der Waals surface area contributed by atoms with Gasteiger partial charge in [-0.1, -0.05) is 29.8 Å². The number of rotatable bonds is 7. The van der Waals surface area contributed by atoms with Gasteiger partial charge in [0.2, 0.25) is 0 Å². The third-order valence-electron chi connectivity index (χ3n) is 3.79.